The van der Waals surface area contributed by atoms with E-state index in [9.17, 15) is 8.78 Å². The predicted octanol–water partition coefficient (Wildman–Crippen LogP) is 4.35. The molecule has 2 atom stereocenters. The fourth-order valence-electron chi connectivity index (χ4n) is 3.24. The standard InChI is InChI=1S/C15H18F2N2OS/c1-4-20-11-7-10(15(11,2)3)19-13-9(18-14(19)21)6-5-8(16)12(13)17/h5-6,10-11H,4,7H2,1-3H3,(H,18,21). The minimum atomic E-state index is -0.858. The van der Waals surface area contributed by atoms with Crippen LogP contribution in [0.3, 0.4) is 0 Å². The molecule has 114 valence electrons. The highest BCUT2D eigenvalue weighted by molar-refractivity contribution is 7.71. The van der Waals surface area contributed by atoms with Crippen molar-refractivity contribution in [2.45, 2.75) is 39.3 Å². The van der Waals surface area contributed by atoms with E-state index >= 15 is 0 Å². The maximum atomic E-state index is 14.2. The molecule has 21 heavy (non-hydrogen) atoms. The Morgan fingerprint density at radius 2 is 2.14 bits per heavy atom. The van der Waals surface area contributed by atoms with E-state index in [1.54, 1.807) is 4.57 Å². The van der Waals surface area contributed by atoms with Crippen LogP contribution in [0.25, 0.3) is 11.0 Å². The molecule has 0 aliphatic heterocycles. The molecule has 1 saturated carbocycles. The summed E-state index contributed by atoms with van der Waals surface area (Å²) in [4.78, 5) is 2.96. The maximum Gasteiger partial charge on any atom is 0.184 e. The predicted molar refractivity (Wildman–Crippen MR) is 79.9 cm³/mol. The summed E-state index contributed by atoms with van der Waals surface area (Å²) >= 11 is 5.32. The van der Waals surface area contributed by atoms with Gasteiger partial charge in [-0.15, -0.1) is 0 Å². The molecule has 0 amide bonds. The minimum Gasteiger partial charge on any atom is -0.378 e. The summed E-state index contributed by atoms with van der Waals surface area (Å²) in [6, 6.07) is 2.63. The lowest BCUT2D eigenvalue weighted by molar-refractivity contribution is -0.127. The van der Waals surface area contributed by atoms with E-state index in [1.807, 2.05) is 6.92 Å². The third-order valence-electron chi connectivity index (χ3n) is 4.58. The van der Waals surface area contributed by atoms with E-state index < -0.39 is 11.6 Å². The zero-order chi connectivity index (χ0) is 15.4. The molecule has 1 heterocycles. The van der Waals surface area contributed by atoms with Crippen LogP contribution in [0.15, 0.2) is 12.1 Å². The average molecular weight is 312 g/mol. The molecular weight excluding hydrogens is 294 g/mol. The number of nitrogens with one attached hydrogen (secondary N) is 1. The number of rotatable bonds is 3. The second-order valence-corrected chi connectivity index (χ2v) is 6.46. The fourth-order valence-corrected chi connectivity index (χ4v) is 3.57. The summed E-state index contributed by atoms with van der Waals surface area (Å²) in [7, 11) is 0. The van der Waals surface area contributed by atoms with Gasteiger partial charge in [0.05, 0.1) is 11.6 Å². The third-order valence-corrected chi connectivity index (χ3v) is 4.87. The van der Waals surface area contributed by atoms with Crippen LogP contribution in [0.1, 0.15) is 33.2 Å². The highest BCUT2D eigenvalue weighted by Crippen LogP contribution is 2.52. The average Bonchev–Trinajstić information content (AvgIpc) is 2.75. The van der Waals surface area contributed by atoms with Crippen molar-refractivity contribution < 1.29 is 13.5 Å². The van der Waals surface area contributed by atoms with Crippen LogP contribution >= 0.6 is 12.2 Å². The summed E-state index contributed by atoms with van der Waals surface area (Å²) in [5.41, 5.74) is 0.560. The molecular formula is C15H18F2N2OS. The van der Waals surface area contributed by atoms with E-state index in [1.165, 1.54) is 6.07 Å². The monoisotopic (exact) mass is 312 g/mol. The summed E-state index contributed by atoms with van der Waals surface area (Å²) in [6.07, 6.45) is 0.855. The van der Waals surface area contributed by atoms with Crippen molar-refractivity contribution in [3.05, 3.63) is 28.5 Å². The van der Waals surface area contributed by atoms with Crippen molar-refractivity contribution in [3.8, 4) is 0 Å². The second-order valence-electron chi connectivity index (χ2n) is 6.07. The van der Waals surface area contributed by atoms with Gasteiger partial charge in [-0.2, -0.15) is 0 Å². The number of aromatic nitrogens is 2. The summed E-state index contributed by atoms with van der Waals surface area (Å²) in [5.74, 6) is -1.71. The van der Waals surface area contributed by atoms with Crippen LogP contribution in [0.4, 0.5) is 8.78 Å². The van der Waals surface area contributed by atoms with Crippen molar-refractivity contribution in [3.63, 3.8) is 0 Å². The van der Waals surface area contributed by atoms with E-state index in [2.05, 4.69) is 18.8 Å². The van der Waals surface area contributed by atoms with Gasteiger partial charge in [-0.05, 0) is 37.7 Å². The molecule has 1 fully saturated rings. The van der Waals surface area contributed by atoms with Crippen molar-refractivity contribution in [2.75, 3.05) is 6.61 Å². The highest BCUT2D eigenvalue weighted by atomic mass is 32.1. The molecule has 3 rings (SSSR count). The Labute approximate surface area is 126 Å². The lowest BCUT2D eigenvalue weighted by atomic mass is 9.64. The molecule has 0 radical (unpaired) electrons. The van der Waals surface area contributed by atoms with Gasteiger partial charge in [0.25, 0.3) is 0 Å². The Morgan fingerprint density at radius 3 is 2.76 bits per heavy atom. The quantitative estimate of drug-likeness (QED) is 0.854. The van der Waals surface area contributed by atoms with Crippen LogP contribution < -0.4 is 0 Å². The van der Waals surface area contributed by atoms with Crippen LogP contribution in [0, 0.1) is 21.8 Å². The van der Waals surface area contributed by atoms with Crippen molar-refractivity contribution in [1.82, 2.24) is 9.55 Å². The molecule has 1 aromatic carbocycles. The van der Waals surface area contributed by atoms with Gasteiger partial charge in [0.2, 0.25) is 0 Å². The lowest BCUT2D eigenvalue weighted by Gasteiger charge is -2.52. The first-order chi connectivity index (χ1) is 9.87. The van der Waals surface area contributed by atoms with E-state index in [0.29, 0.717) is 16.9 Å². The van der Waals surface area contributed by atoms with Gasteiger partial charge in [-0.25, -0.2) is 8.78 Å². The van der Waals surface area contributed by atoms with Crippen LogP contribution in [0.5, 0.6) is 0 Å². The number of ether oxygens (including phenoxy) is 1. The van der Waals surface area contributed by atoms with Gasteiger partial charge in [0.15, 0.2) is 16.4 Å². The topological polar surface area (TPSA) is 29.9 Å². The molecule has 6 heteroatoms. The van der Waals surface area contributed by atoms with E-state index in [0.717, 1.165) is 12.5 Å². The molecule has 3 nitrogen and oxygen atoms in total. The number of halogens is 2. The van der Waals surface area contributed by atoms with Crippen molar-refractivity contribution in [2.24, 2.45) is 5.41 Å². The first-order valence-corrected chi connectivity index (χ1v) is 7.48. The molecule has 0 spiro atoms. The number of imidazole rings is 1. The SMILES string of the molecule is CCOC1CC(n2c(=S)[nH]c3ccc(F)c(F)c32)C1(C)C. The smallest absolute Gasteiger partial charge is 0.184 e. The Kier molecular flexibility index (Phi) is 3.41. The van der Waals surface area contributed by atoms with Gasteiger partial charge >= 0.3 is 0 Å². The van der Waals surface area contributed by atoms with Gasteiger partial charge in [0.1, 0.15) is 5.52 Å². The van der Waals surface area contributed by atoms with Gasteiger partial charge in [0, 0.05) is 18.1 Å². The first kappa shape index (κ1) is 14.7. The Hall–Kier alpha value is -1.27. The van der Waals surface area contributed by atoms with Gasteiger partial charge < -0.3 is 14.3 Å². The zero-order valence-electron chi connectivity index (χ0n) is 12.2. The number of aromatic amines is 1. The zero-order valence-corrected chi connectivity index (χ0v) is 13.1. The summed E-state index contributed by atoms with van der Waals surface area (Å²) in [5, 5.41) is 0. The number of hydrogen-bond acceptors (Lipinski definition) is 2. The molecule has 1 aliphatic rings. The molecule has 2 unspecified atom stereocenters. The summed E-state index contributed by atoms with van der Waals surface area (Å²) < 4.78 is 35.6. The second kappa shape index (κ2) is 4.88. The Balaban J connectivity index is 2.12. The molecule has 1 aromatic heterocycles. The summed E-state index contributed by atoms with van der Waals surface area (Å²) in [6.45, 7) is 6.73. The Bertz CT molecular complexity index is 750. The van der Waals surface area contributed by atoms with E-state index in [4.69, 9.17) is 17.0 Å². The van der Waals surface area contributed by atoms with Crippen LogP contribution in [-0.2, 0) is 4.74 Å². The molecule has 0 bridgehead atoms. The number of benzene rings is 1. The Morgan fingerprint density at radius 1 is 1.43 bits per heavy atom. The normalized spacial score (nSPS) is 24.2. The number of nitrogens with zero attached hydrogens (tertiary/aromatic N) is 1. The number of H-pyrrole nitrogens is 1. The van der Waals surface area contributed by atoms with Gasteiger partial charge in [-0.1, -0.05) is 13.8 Å². The van der Waals surface area contributed by atoms with Crippen LogP contribution in [0.2, 0.25) is 0 Å². The third kappa shape index (κ3) is 2.04. The first-order valence-electron chi connectivity index (χ1n) is 7.07. The largest absolute Gasteiger partial charge is 0.378 e. The maximum absolute atomic E-state index is 14.2. The molecule has 1 aliphatic carbocycles. The minimum absolute atomic E-state index is 0.00778. The molecule has 2 aromatic rings. The molecule has 1 N–H and O–H groups in total. The number of fused-ring (bicyclic) bond motifs is 1. The molecule has 0 saturated heterocycles. The lowest BCUT2D eigenvalue weighted by Crippen LogP contribution is -2.51. The number of hydrogen-bond donors (Lipinski definition) is 1. The van der Waals surface area contributed by atoms with Crippen molar-refractivity contribution >= 4 is 23.3 Å². The van der Waals surface area contributed by atoms with Gasteiger partial charge in [-0.3, -0.25) is 0 Å². The van der Waals surface area contributed by atoms with Crippen molar-refractivity contribution in [1.29, 1.82) is 0 Å². The highest BCUT2D eigenvalue weighted by Gasteiger charge is 2.50. The van der Waals surface area contributed by atoms with Crippen LogP contribution in [-0.4, -0.2) is 22.3 Å². The van der Waals surface area contributed by atoms with E-state index in [-0.39, 0.29) is 23.1 Å². The fraction of sp³-hybridized carbons (Fsp3) is 0.533.